The quantitative estimate of drug-likeness (QED) is 0.862. The van der Waals surface area contributed by atoms with E-state index in [2.05, 4.69) is 10.1 Å². The minimum Gasteiger partial charge on any atom is -0.478 e. The first-order chi connectivity index (χ1) is 10.0. The predicted molar refractivity (Wildman–Crippen MR) is 58.3 cm³/mol. The maximum atomic E-state index is 12.9. The highest BCUT2D eigenvalue weighted by atomic mass is 19.4. The summed E-state index contributed by atoms with van der Waals surface area (Å²) in [6.07, 6.45) is -8.99. The van der Waals surface area contributed by atoms with E-state index in [9.17, 15) is 31.1 Å². The summed E-state index contributed by atoms with van der Waals surface area (Å²) in [5.41, 5.74) is -3.92. The summed E-state index contributed by atoms with van der Waals surface area (Å²) in [5.74, 6) is -2.46. The number of nitrogens with zero attached hydrogens (tertiary/aromatic N) is 3. The van der Waals surface area contributed by atoms with Gasteiger partial charge in [-0.05, 0) is 12.1 Å². The first-order valence-corrected chi connectivity index (χ1v) is 5.44. The Labute approximate surface area is 117 Å². The number of aromatic nitrogens is 3. The number of hydrogen-bond acceptors (Lipinski definition) is 3. The summed E-state index contributed by atoms with van der Waals surface area (Å²) in [6, 6.07) is 1.18. The van der Waals surface area contributed by atoms with Gasteiger partial charge in [0.25, 0.3) is 0 Å². The molecule has 22 heavy (non-hydrogen) atoms. The lowest BCUT2D eigenvalue weighted by molar-refractivity contribution is -0.143. The Morgan fingerprint density at radius 1 is 1.05 bits per heavy atom. The van der Waals surface area contributed by atoms with Crippen LogP contribution in [0.2, 0.25) is 0 Å². The molecular formula is C11H5F6N3O2. The molecular weight excluding hydrogens is 320 g/mol. The first-order valence-electron chi connectivity index (χ1n) is 5.44. The number of carboxylic acid groups (broad SMARTS) is 1. The zero-order chi connectivity index (χ0) is 16.7. The molecule has 0 spiro atoms. The van der Waals surface area contributed by atoms with Crippen LogP contribution in [0.4, 0.5) is 26.3 Å². The van der Waals surface area contributed by atoms with Crippen molar-refractivity contribution in [1.82, 2.24) is 14.8 Å². The molecule has 2 rings (SSSR count). The maximum absolute atomic E-state index is 12.9. The predicted octanol–water partition coefficient (Wildman–Crippen LogP) is 3.00. The first kappa shape index (κ1) is 15.8. The van der Waals surface area contributed by atoms with E-state index in [1.807, 2.05) is 0 Å². The minimum absolute atomic E-state index is 0.129. The van der Waals surface area contributed by atoms with Crippen LogP contribution in [-0.2, 0) is 12.4 Å². The summed E-state index contributed by atoms with van der Waals surface area (Å²) >= 11 is 0. The normalized spacial score (nSPS) is 12.5. The molecule has 2 heterocycles. The molecule has 118 valence electrons. The monoisotopic (exact) mass is 325 g/mol. The average molecular weight is 325 g/mol. The summed E-state index contributed by atoms with van der Waals surface area (Å²) < 4.78 is 76.0. The van der Waals surface area contributed by atoms with Crippen LogP contribution in [0.3, 0.4) is 0 Å². The van der Waals surface area contributed by atoms with Crippen molar-refractivity contribution < 1.29 is 36.2 Å². The summed E-state index contributed by atoms with van der Waals surface area (Å²) in [7, 11) is 0. The van der Waals surface area contributed by atoms with E-state index in [1.54, 1.807) is 0 Å². The Morgan fingerprint density at radius 2 is 1.68 bits per heavy atom. The fraction of sp³-hybridized carbons (Fsp3) is 0.182. The number of hydrogen-bond donors (Lipinski definition) is 1. The molecule has 0 radical (unpaired) electrons. The van der Waals surface area contributed by atoms with Crippen molar-refractivity contribution in [2.24, 2.45) is 0 Å². The van der Waals surface area contributed by atoms with Gasteiger partial charge in [0.05, 0.1) is 11.8 Å². The van der Waals surface area contributed by atoms with Crippen LogP contribution in [0.5, 0.6) is 0 Å². The van der Waals surface area contributed by atoms with Crippen molar-refractivity contribution in [3.8, 4) is 5.82 Å². The third-order valence-electron chi connectivity index (χ3n) is 2.56. The number of pyridine rings is 1. The molecule has 0 fully saturated rings. The van der Waals surface area contributed by atoms with E-state index in [0.29, 0.717) is 24.5 Å². The minimum atomic E-state index is -5.07. The van der Waals surface area contributed by atoms with Gasteiger partial charge in [-0.1, -0.05) is 0 Å². The highest BCUT2D eigenvalue weighted by Crippen LogP contribution is 2.34. The van der Waals surface area contributed by atoms with Crippen LogP contribution in [0, 0.1) is 0 Å². The van der Waals surface area contributed by atoms with Crippen molar-refractivity contribution in [3.05, 3.63) is 41.3 Å². The van der Waals surface area contributed by atoms with E-state index in [0.717, 1.165) is 0 Å². The van der Waals surface area contributed by atoms with E-state index >= 15 is 0 Å². The smallest absolute Gasteiger partial charge is 0.434 e. The Balaban J connectivity index is 2.56. The molecule has 0 aliphatic rings. The molecule has 11 heteroatoms. The van der Waals surface area contributed by atoms with Crippen molar-refractivity contribution >= 4 is 5.97 Å². The molecule has 2 aromatic heterocycles. The van der Waals surface area contributed by atoms with Crippen LogP contribution in [0.1, 0.15) is 21.6 Å². The standard InChI is InChI=1S/C11H5F6N3O2/c12-10(13,14)5-1-2-7(18-3-5)20-8(11(15,16)17)6(4-19-20)9(21)22/h1-4H,(H,21,22). The highest BCUT2D eigenvalue weighted by molar-refractivity contribution is 5.89. The Kier molecular flexibility index (Phi) is 3.59. The average Bonchev–Trinajstić information content (AvgIpc) is 2.82. The summed E-state index contributed by atoms with van der Waals surface area (Å²) in [5, 5.41) is 12.0. The van der Waals surface area contributed by atoms with Gasteiger partial charge in [-0.25, -0.2) is 14.5 Å². The summed E-state index contributed by atoms with van der Waals surface area (Å²) in [6.45, 7) is 0. The summed E-state index contributed by atoms with van der Waals surface area (Å²) in [4.78, 5) is 14.0. The maximum Gasteiger partial charge on any atom is 0.434 e. The van der Waals surface area contributed by atoms with Gasteiger partial charge < -0.3 is 5.11 Å². The zero-order valence-corrected chi connectivity index (χ0v) is 10.3. The molecule has 0 aromatic carbocycles. The Hall–Kier alpha value is -2.59. The van der Waals surface area contributed by atoms with Gasteiger partial charge in [-0.15, -0.1) is 0 Å². The van der Waals surface area contributed by atoms with Gasteiger partial charge >= 0.3 is 18.3 Å². The number of carboxylic acids is 1. The van der Waals surface area contributed by atoms with Gasteiger partial charge in [0, 0.05) is 6.20 Å². The lowest BCUT2D eigenvalue weighted by atomic mass is 10.2. The molecule has 0 saturated carbocycles. The van der Waals surface area contributed by atoms with Gasteiger partial charge in [0.1, 0.15) is 5.56 Å². The SMILES string of the molecule is O=C(O)c1cnn(-c2ccc(C(F)(F)F)cn2)c1C(F)(F)F. The van der Waals surface area contributed by atoms with Crippen molar-refractivity contribution in [1.29, 1.82) is 0 Å². The third-order valence-corrected chi connectivity index (χ3v) is 2.56. The second kappa shape index (κ2) is 5.00. The highest BCUT2D eigenvalue weighted by Gasteiger charge is 2.41. The van der Waals surface area contributed by atoms with Crippen LogP contribution in [-0.4, -0.2) is 25.8 Å². The van der Waals surface area contributed by atoms with Crippen LogP contribution in [0.25, 0.3) is 5.82 Å². The number of halogens is 6. The van der Waals surface area contributed by atoms with E-state index < -0.39 is 41.0 Å². The van der Waals surface area contributed by atoms with Gasteiger partial charge in [0.2, 0.25) is 0 Å². The molecule has 0 unspecified atom stereocenters. The van der Waals surface area contributed by atoms with Gasteiger partial charge in [-0.3, -0.25) is 0 Å². The molecule has 5 nitrogen and oxygen atoms in total. The fourth-order valence-corrected chi connectivity index (χ4v) is 1.63. The molecule has 0 saturated heterocycles. The van der Waals surface area contributed by atoms with Crippen LogP contribution < -0.4 is 0 Å². The number of carbonyl (C=O) groups is 1. The molecule has 0 atom stereocenters. The van der Waals surface area contributed by atoms with E-state index in [4.69, 9.17) is 5.11 Å². The number of aromatic carboxylic acids is 1. The van der Waals surface area contributed by atoms with Crippen molar-refractivity contribution in [2.45, 2.75) is 12.4 Å². The topological polar surface area (TPSA) is 68.0 Å². The van der Waals surface area contributed by atoms with Gasteiger partial charge in [-0.2, -0.15) is 31.4 Å². The van der Waals surface area contributed by atoms with Crippen LogP contribution in [0.15, 0.2) is 24.5 Å². The third kappa shape index (κ3) is 2.87. The van der Waals surface area contributed by atoms with E-state index in [1.165, 1.54) is 0 Å². The molecule has 0 amide bonds. The van der Waals surface area contributed by atoms with Crippen LogP contribution >= 0.6 is 0 Å². The molecule has 0 aliphatic heterocycles. The molecule has 0 bridgehead atoms. The van der Waals surface area contributed by atoms with Crippen molar-refractivity contribution in [2.75, 3.05) is 0 Å². The lowest BCUT2D eigenvalue weighted by Gasteiger charge is -2.11. The lowest BCUT2D eigenvalue weighted by Crippen LogP contribution is -2.18. The number of alkyl halides is 6. The van der Waals surface area contributed by atoms with E-state index in [-0.39, 0.29) is 4.68 Å². The Morgan fingerprint density at radius 3 is 2.09 bits per heavy atom. The largest absolute Gasteiger partial charge is 0.478 e. The molecule has 1 N–H and O–H groups in total. The molecule has 0 aliphatic carbocycles. The van der Waals surface area contributed by atoms with Crippen molar-refractivity contribution in [3.63, 3.8) is 0 Å². The van der Waals surface area contributed by atoms with Gasteiger partial charge in [0.15, 0.2) is 11.5 Å². The second-order valence-corrected chi connectivity index (χ2v) is 4.02. The fourth-order valence-electron chi connectivity index (χ4n) is 1.63. The molecule has 2 aromatic rings. The zero-order valence-electron chi connectivity index (χ0n) is 10.3. The number of rotatable bonds is 2. The second-order valence-electron chi connectivity index (χ2n) is 4.02. The Bertz CT molecular complexity index is 702.